The lowest BCUT2D eigenvalue weighted by atomic mass is 9.97. The lowest BCUT2D eigenvalue weighted by molar-refractivity contribution is -0.184. The van der Waals surface area contributed by atoms with Crippen LogP contribution in [-0.4, -0.2) is 46.4 Å². The smallest absolute Gasteiger partial charge is 0.353 e. The number of hydrogen-bond donors (Lipinski definition) is 0. The molecule has 2 aromatic carbocycles. The van der Waals surface area contributed by atoms with E-state index in [-0.39, 0.29) is 22.5 Å². The molecule has 6 rings (SSSR count). The van der Waals surface area contributed by atoms with E-state index >= 15 is 0 Å². The van der Waals surface area contributed by atoms with Gasteiger partial charge in [-0.15, -0.1) is 0 Å². The predicted octanol–water partition coefficient (Wildman–Crippen LogP) is 7.07. The normalized spacial score (nSPS) is 18.2. The number of aromatic nitrogens is 4. The van der Waals surface area contributed by atoms with Crippen molar-refractivity contribution in [1.82, 2.24) is 19.9 Å². The Morgan fingerprint density at radius 3 is 1.28 bits per heavy atom. The largest absolute Gasteiger partial charge is 0.416 e. The first-order valence-electron chi connectivity index (χ1n) is 14.7. The zero-order chi connectivity index (χ0) is 33.0. The van der Waals surface area contributed by atoms with Gasteiger partial charge in [0.05, 0.1) is 60.1 Å². The SMILES string of the molecule is FC(F)(F)c1ccc(C(OC(c2ccc(C(F)(F)F)cc2)c2ncncc2C2OCCCO2)c2ncncc2C2OCCCO2)cc1. The highest BCUT2D eigenvalue weighted by Crippen LogP contribution is 2.42. The molecule has 2 saturated heterocycles. The number of ether oxygens (including phenoxy) is 5. The Morgan fingerprint density at radius 1 is 0.574 bits per heavy atom. The van der Waals surface area contributed by atoms with Gasteiger partial charge in [0, 0.05) is 12.4 Å². The molecule has 248 valence electrons. The molecule has 0 radical (unpaired) electrons. The number of alkyl halides is 6. The van der Waals surface area contributed by atoms with E-state index in [0.717, 1.165) is 24.3 Å². The van der Waals surface area contributed by atoms with E-state index < -0.39 is 48.3 Å². The third kappa shape index (κ3) is 7.60. The van der Waals surface area contributed by atoms with Crippen LogP contribution in [-0.2, 0) is 36.0 Å². The van der Waals surface area contributed by atoms with Crippen LogP contribution in [0, 0.1) is 0 Å². The first kappa shape index (κ1) is 32.9. The minimum Gasteiger partial charge on any atom is -0.353 e. The van der Waals surface area contributed by atoms with Gasteiger partial charge in [-0.1, -0.05) is 24.3 Å². The third-order valence-corrected chi connectivity index (χ3v) is 7.56. The molecule has 4 aromatic rings. The second-order valence-corrected chi connectivity index (χ2v) is 10.7. The van der Waals surface area contributed by atoms with Gasteiger partial charge in [0.1, 0.15) is 24.9 Å². The zero-order valence-corrected chi connectivity index (χ0v) is 24.6. The van der Waals surface area contributed by atoms with Crippen molar-refractivity contribution < 1.29 is 50.0 Å². The van der Waals surface area contributed by atoms with Crippen molar-refractivity contribution in [2.45, 2.75) is 50.0 Å². The number of nitrogens with zero attached hydrogens (tertiary/aromatic N) is 4. The molecule has 9 nitrogen and oxygen atoms in total. The van der Waals surface area contributed by atoms with E-state index in [0.29, 0.717) is 50.4 Å². The van der Waals surface area contributed by atoms with Gasteiger partial charge >= 0.3 is 12.4 Å². The lowest BCUT2D eigenvalue weighted by Gasteiger charge is -2.31. The average Bonchev–Trinajstić information content (AvgIpc) is 3.09. The highest BCUT2D eigenvalue weighted by molar-refractivity contribution is 5.37. The summed E-state index contributed by atoms with van der Waals surface area (Å²) in [5.74, 6) is 0. The van der Waals surface area contributed by atoms with Gasteiger partial charge in [0.25, 0.3) is 0 Å². The summed E-state index contributed by atoms with van der Waals surface area (Å²) in [6, 6.07) is 8.64. The number of rotatable bonds is 8. The standard InChI is InChI=1S/C32H28F6N4O5/c33-31(34,35)21-7-3-19(4-8-21)27(25-23(15-39-17-41-25)29-43-11-1-12-44-29)47-28(20-5-9-22(10-6-20)32(36,37)38)26-24(16-40-18-42-26)30-45-13-2-14-46-30/h3-10,15-18,27-30H,1-2,11-14H2. The molecule has 0 amide bonds. The van der Waals surface area contributed by atoms with Crippen molar-refractivity contribution in [2.24, 2.45) is 0 Å². The Morgan fingerprint density at radius 2 is 0.936 bits per heavy atom. The molecule has 2 aliphatic heterocycles. The number of hydrogen-bond acceptors (Lipinski definition) is 9. The van der Waals surface area contributed by atoms with Crippen molar-refractivity contribution in [3.63, 3.8) is 0 Å². The Bertz CT molecular complexity index is 1510. The van der Waals surface area contributed by atoms with Gasteiger partial charge in [0.2, 0.25) is 0 Å². The van der Waals surface area contributed by atoms with Crippen LogP contribution >= 0.6 is 0 Å². The molecule has 2 atom stereocenters. The van der Waals surface area contributed by atoms with Crippen LogP contribution < -0.4 is 0 Å². The molecular formula is C32H28F6N4O5. The molecule has 15 heteroatoms. The Balaban J connectivity index is 1.50. The summed E-state index contributed by atoms with van der Waals surface area (Å²) < 4.78 is 111. The van der Waals surface area contributed by atoms with E-state index in [1.165, 1.54) is 49.3 Å². The fourth-order valence-electron chi connectivity index (χ4n) is 5.27. The van der Waals surface area contributed by atoms with Crippen LogP contribution in [0.1, 0.15) is 82.4 Å². The highest BCUT2D eigenvalue weighted by Gasteiger charge is 2.36. The molecule has 0 bridgehead atoms. The minimum atomic E-state index is -4.60. The van der Waals surface area contributed by atoms with Gasteiger partial charge in [-0.25, -0.2) is 19.9 Å². The number of halogens is 6. The van der Waals surface area contributed by atoms with Gasteiger partial charge in [-0.05, 0) is 48.2 Å². The molecule has 2 aromatic heterocycles. The van der Waals surface area contributed by atoms with Crippen LogP contribution in [0.25, 0.3) is 0 Å². The van der Waals surface area contributed by atoms with Gasteiger partial charge in [-0.2, -0.15) is 26.3 Å². The molecule has 2 unspecified atom stereocenters. The molecule has 0 aliphatic carbocycles. The van der Waals surface area contributed by atoms with Crippen LogP contribution in [0.4, 0.5) is 26.3 Å². The fraction of sp³-hybridized carbons (Fsp3) is 0.375. The highest BCUT2D eigenvalue weighted by atomic mass is 19.4. The van der Waals surface area contributed by atoms with Crippen molar-refractivity contribution >= 4 is 0 Å². The fourth-order valence-corrected chi connectivity index (χ4v) is 5.27. The first-order chi connectivity index (χ1) is 22.6. The van der Waals surface area contributed by atoms with E-state index in [4.69, 9.17) is 23.7 Å². The Hall–Kier alpha value is -4.02. The van der Waals surface area contributed by atoms with Crippen LogP contribution in [0.2, 0.25) is 0 Å². The third-order valence-electron chi connectivity index (χ3n) is 7.56. The van der Waals surface area contributed by atoms with E-state index in [1.54, 1.807) is 0 Å². The summed E-state index contributed by atoms with van der Waals surface area (Å²) in [7, 11) is 0. The monoisotopic (exact) mass is 662 g/mol. The molecule has 47 heavy (non-hydrogen) atoms. The van der Waals surface area contributed by atoms with E-state index in [9.17, 15) is 26.3 Å². The second kappa shape index (κ2) is 14.0. The van der Waals surface area contributed by atoms with Gasteiger partial charge < -0.3 is 23.7 Å². The maximum Gasteiger partial charge on any atom is 0.416 e. The predicted molar refractivity (Wildman–Crippen MR) is 150 cm³/mol. The zero-order valence-electron chi connectivity index (χ0n) is 24.6. The molecule has 2 aliphatic rings. The molecular weight excluding hydrogens is 634 g/mol. The maximum atomic E-state index is 13.5. The lowest BCUT2D eigenvalue weighted by Crippen LogP contribution is -2.24. The Labute approximate surface area is 264 Å². The van der Waals surface area contributed by atoms with Crippen LogP contribution in [0.5, 0.6) is 0 Å². The number of benzene rings is 2. The maximum absolute atomic E-state index is 13.5. The summed E-state index contributed by atoms with van der Waals surface area (Å²) >= 11 is 0. The van der Waals surface area contributed by atoms with Crippen molar-refractivity contribution in [3.8, 4) is 0 Å². The van der Waals surface area contributed by atoms with Gasteiger partial charge in [0.15, 0.2) is 12.6 Å². The van der Waals surface area contributed by atoms with Crippen molar-refractivity contribution in [3.05, 3.63) is 118 Å². The summed E-state index contributed by atoms with van der Waals surface area (Å²) in [5.41, 5.74) is -0.0986. The van der Waals surface area contributed by atoms with E-state index in [2.05, 4.69) is 19.9 Å². The van der Waals surface area contributed by atoms with Crippen molar-refractivity contribution in [2.75, 3.05) is 26.4 Å². The van der Waals surface area contributed by atoms with Crippen molar-refractivity contribution in [1.29, 1.82) is 0 Å². The molecule has 0 N–H and O–H groups in total. The minimum absolute atomic E-state index is 0.212. The summed E-state index contributed by atoms with van der Waals surface area (Å²) in [6.45, 7) is 1.52. The quantitative estimate of drug-likeness (QED) is 0.184. The summed E-state index contributed by atoms with van der Waals surface area (Å²) in [6.07, 6.45) is -6.71. The van der Waals surface area contributed by atoms with Gasteiger partial charge in [-0.3, -0.25) is 0 Å². The second-order valence-electron chi connectivity index (χ2n) is 10.7. The molecule has 0 saturated carbocycles. The van der Waals surface area contributed by atoms with E-state index in [1.807, 2.05) is 0 Å². The van der Waals surface area contributed by atoms with Crippen LogP contribution in [0.3, 0.4) is 0 Å². The molecule has 2 fully saturated rings. The summed E-state index contributed by atoms with van der Waals surface area (Å²) in [4.78, 5) is 17.1. The Kier molecular flexibility index (Phi) is 9.80. The average molecular weight is 663 g/mol. The summed E-state index contributed by atoms with van der Waals surface area (Å²) in [5, 5.41) is 0. The molecule has 4 heterocycles. The topological polar surface area (TPSA) is 97.7 Å². The molecule has 0 spiro atoms. The first-order valence-corrected chi connectivity index (χ1v) is 14.7. The van der Waals surface area contributed by atoms with Crippen LogP contribution in [0.15, 0.2) is 73.6 Å².